The predicted octanol–water partition coefficient (Wildman–Crippen LogP) is 5.82. The van der Waals surface area contributed by atoms with Crippen molar-refractivity contribution >= 4 is 17.4 Å². The summed E-state index contributed by atoms with van der Waals surface area (Å²) in [7, 11) is 3.09. The molecule has 0 saturated heterocycles. The van der Waals surface area contributed by atoms with Crippen molar-refractivity contribution in [3.63, 3.8) is 0 Å². The molecule has 1 unspecified atom stereocenters. The van der Waals surface area contributed by atoms with Crippen LogP contribution in [0.15, 0.2) is 42.5 Å². The average Bonchev–Trinajstić information content (AvgIpc) is 2.80. The van der Waals surface area contributed by atoms with Crippen LogP contribution in [-0.2, 0) is 9.59 Å². The Hall–Kier alpha value is -3.02. The van der Waals surface area contributed by atoms with Crippen LogP contribution < -0.4 is 14.4 Å². The third-order valence-electron chi connectivity index (χ3n) is 5.43. The molecule has 0 fully saturated rings. The van der Waals surface area contributed by atoms with Crippen LogP contribution in [0.5, 0.6) is 17.2 Å². The molecule has 32 heavy (non-hydrogen) atoms. The number of hydrogen-bond acceptors (Lipinski definition) is 5. The number of rotatable bonds is 13. The quantitative estimate of drug-likeness (QED) is 0.396. The smallest absolute Gasteiger partial charge is 0.227 e. The monoisotopic (exact) mass is 441 g/mol. The fraction of sp³-hybridized carbons (Fsp3) is 0.462. The standard InChI is InChI=1S/C26H35NO5/c1-5-7-8-9-11-22(29)26(19-12-15-21(28)16-13-19)27(25(30)10-6-2)20-14-17-23(31-3)24(18-20)32-4/h12-18,26,28H,5-11H2,1-4H3. The Bertz CT molecular complexity index is 878. The lowest BCUT2D eigenvalue weighted by molar-refractivity contribution is -0.125. The van der Waals surface area contributed by atoms with Crippen LogP contribution in [0.2, 0.25) is 0 Å². The number of amides is 1. The molecule has 6 heteroatoms. The molecule has 2 aromatic rings. The van der Waals surface area contributed by atoms with Crippen molar-refractivity contribution in [2.75, 3.05) is 19.1 Å². The topological polar surface area (TPSA) is 76.1 Å². The van der Waals surface area contributed by atoms with Crippen LogP contribution in [0.3, 0.4) is 0 Å². The van der Waals surface area contributed by atoms with E-state index in [-0.39, 0.29) is 17.4 Å². The molecule has 1 atom stereocenters. The van der Waals surface area contributed by atoms with Crippen molar-refractivity contribution < 1.29 is 24.2 Å². The van der Waals surface area contributed by atoms with Gasteiger partial charge in [0.2, 0.25) is 5.91 Å². The Morgan fingerprint density at radius 1 is 0.875 bits per heavy atom. The maximum Gasteiger partial charge on any atom is 0.227 e. The van der Waals surface area contributed by atoms with Crippen molar-refractivity contribution in [1.82, 2.24) is 0 Å². The van der Waals surface area contributed by atoms with Crippen molar-refractivity contribution in [3.8, 4) is 17.2 Å². The number of hydrogen-bond donors (Lipinski definition) is 1. The third kappa shape index (κ3) is 6.49. The number of Topliss-reactive ketones (excluding diaryl/α,β-unsaturated/α-hetero) is 1. The summed E-state index contributed by atoms with van der Waals surface area (Å²) in [6, 6.07) is 11.0. The summed E-state index contributed by atoms with van der Waals surface area (Å²) in [4.78, 5) is 28.4. The molecule has 0 aromatic heterocycles. The lowest BCUT2D eigenvalue weighted by Crippen LogP contribution is -2.39. The Labute approximate surface area is 191 Å². The Morgan fingerprint density at radius 2 is 1.56 bits per heavy atom. The molecule has 0 radical (unpaired) electrons. The number of unbranched alkanes of at least 4 members (excludes halogenated alkanes) is 3. The van der Waals surface area contributed by atoms with E-state index in [9.17, 15) is 14.7 Å². The van der Waals surface area contributed by atoms with Crippen LogP contribution >= 0.6 is 0 Å². The molecule has 0 heterocycles. The molecule has 6 nitrogen and oxygen atoms in total. The summed E-state index contributed by atoms with van der Waals surface area (Å²) in [5.41, 5.74) is 1.24. The lowest BCUT2D eigenvalue weighted by atomic mass is 9.95. The van der Waals surface area contributed by atoms with Crippen LogP contribution in [0, 0.1) is 0 Å². The summed E-state index contributed by atoms with van der Waals surface area (Å²) < 4.78 is 10.8. The fourth-order valence-corrected chi connectivity index (χ4v) is 3.74. The molecule has 0 aliphatic carbocycles. The number of carbonyl (C=O) groups excluding carboxylic acids is 2. The highest BCUT2D eigenvalue weighted by Crippen LogP contribution is 2.37. The number of anilines is 1. The van der Waals surface area contributed by atoms with Crippen molar-refractivity contribution in [3.05, 3.63) is 48.0 Å². The van der Waals surface area contributed by atoms with Crippen LogP contribution in [0.25, 0.3) is 0 Å². The molecule has 0 bridgehead atoms. The second-order valence-corrected chi connectivity index (χ2v) is 7.82. The highest BCUT2D eigenvalue weighted by molar-refractivity contribution is 6.02. The van der Waals surface area contributed by atoms with E-state index in [1.165, 1.54) is 7.11 Å². The van der Waals surface area contributed by atoms with E-state index in [1.54, 1.807) is 54.5 Å². The van der Waals surface area contributed by atoms with Gasteiger partial charge < -0.3 is 14.6 Å². The number of phenolic OH excluding ortho intramolecular Hbond substituents is 1. The first kappa shape index (κ1) is 25.2. The van der Waals surface area contributed by atoms with Gasteiger partial charge in [-0.2, -0.15) is 0 Å². The summed E-state index contributed by atoms with van der Waals surface area (Å²) >= 11 is 0. The minimum atomic E-state index is -0.783. The SMILES string of the molecule is CCCCCCC(=O)C(c1ccc(O)cc1)N(C(=O)CCC)c1ccc(OC)c(OC)c1. The molecular formula is C26H35NO5. The second-order valence-electron chi connectivity index (χ2n) is 7.82. The number of aromatic hydroxyl groups is 1. The predicted molar refractivity (Wildman–Crippen MR) is 127 cm³/mol. The minimum Gasteiger partial charge on any atom is -0.508 e. The molecule has 0 saturated carbocycles. The fourth-order valence-electron chi connectivity index (χ4n) is 3.74. The Balaban J connectivity index is 2.54. The molecule has 0 aliphatic heterocycles. The van der Waals surface area contributed by atoms with Gasteiger partial charge >= 0.3 is 0 Å². The van der Waals surface area contributed by atoms with Crippen molar-refractivity contribution in [2.24, 2.45) is 0 Å². The van der Waals surface area contributed by atoms with E-state index in [1.807, 2.05) is 6.92 Å². The molecule has 174 valence electrons. The largest absolute Gasteiger partial charge is 0.508 e. The maximum absolute atomic E-state index is 13.5. The highest BCUT2D eigenvalue weighted by Gasteiger charge is 2.32. The van der Waals surface area contributed by atoms with Crippen molar-refractivity contribution in [2.45, 2.75) is 64.8 Å². The summed E-state index contributed by atoms with van der Waals surface area (Å²) in [5, 5.41) is 9.76. The van der Waals surface area contributed by atoms with Gasteiger partial charge in [0.15, 0.2) is 17.3 Å². The first-order valence-electron chi connectivity index (χ1n) is 11.3. The maximum atomic E-state index is 13.5. The van der Waals surface area contributed by atoms with Gasteiger partial charge in [-0.1, -0.05) is 45.2 Å². The van der Waals surface area contributed by atoms with Gasteiger partial charge in [-0.3, -0.25) is 14.5 Å². The summed E-state index contributed by atoms with van der Waals surface area (Å²) in [6.45, 7) is 4.07. The number of carbonyl (C=O) groups is 2. The first-order chi connectivity index (χ1) is 15.5. The Morgan fingerprint density at radius 3 is 2.16 bits per heavy atom. The number of ether oxygens (including phenoxy) is 2. The number of ketones is 1. The van der Waals surface area contributed by atoms with Crippen LogP contribution in [-0.4, -0.2) is 31.0 Å². The van der Waals surface area contributed by atoms with Gasteiger partial charge in [-0.25, -0.2) is 0 Å². The number of methoxy groups -OCH3 is 2. The van der Waals surface area contributed by atoms with Gasteiger partial charge in [0.1, 0.15) is 11.8 Å². The molecule has 1 N–H and O–H groups in total. The van der Waals surface area contributed by atoms with Crippen molar-refractivity contribution in [1.29, 1.82) is 0 Å². The van der Waals surface area contributed by atoms with Gasteiger partial charge in [-0.05, 0) is 42.7 Å². The number of nitrogens with zero attached hydrogens (tertiary/aromatic N) is 1. The van der Waals surface area contributed by atoms with E-state index >= 15 is 0 Å². The average molecular weight is 442 g/mol. The zero-order chi connectivity index (χ0) is 23.5. The summed E-state index contributed by atoms with van der Waals surface area (Å²) in [6.07, 6.45) is 5.27. The lowest BCUT2D eigenvalue weighted by Gasteiger charge is -2.32. The molecule has 0 aliphatic rings. The minimum absolute atomic E-state index is 0.0222. The number of phenols is 1. The molecule has 0 spiro atoms. The molecule has 2 aromatic carbocycles. The second kappa shape index (κ2) is 12.7. The van der Waals surface area contributed by atoms with Crippen LogP contribution in [0.4, 0.5) is 5.69 Å². The molecule has 2 rings (SSSR count). The zero-order valence-corrected chi connectivity index (χ0v) is 19.6. The number of benzene rings is 2. The van der Waals surface area contributed by atoms with E-state index in [0.29, 0.717) is 42.0 Å². The van der Waals surface area contributed by atoms with Gasteiger partial charge in [0, 0.05) is 24.6 Å². The van der Waals surface area contributed by atoms with E-state index in [4.69, 9.17) is 9.47 Å². The van der Waals surface area contributed by atoms with E-state index in [2.05, 4.69) is 6.92 Å². The van der Waals surface area contributed by atoms with Gasteiger partial charge in [0.25, 0.3) is 0 Å². The Kier molecular flexibility index (Phi) is 10.1. The molecular weight excluding hydrogens is 406 g/mol. The van der Waals surface area contributed by atoms with Gasteiger partial charge in [-0.15, -0.1) is 0 Å². The van der Waals surface area contributed by atoms with E-state index < -0.39 is 6.04 Å². The van der Waals surface area contributed by atoms with E-state index in [0.717, 1.165) is 25.7 Å². The summed E-state index contributed by atoms with van der Waals surface area (Å²) in [5.74, 6) is 0.983. The highest BCUT2D eigenvalue weighted by atomic mass is 16.5. The van der Waals surface area contributed by atoms with Gasteiger partial charge in [0.05, 0.1) is 14.2 Å². The molecule has 1 amide bonds. The van der Waals surface area contributed by atoms with Crippen LogP contribution in [0.1, 0.15) is 70.4 Å². The third-order valence-corrected chi connectivity index (χ3v) is 5.43. The zero-order valence-electron chi connectivity index (χ0n) is 19.6. The first-order valence-corrected chi connectivity index (χ1v) is 11.3. The normalized spacial score (nSPS) is 11.6.